The molecule has 2 rings (SSSR count). The van der Waals surface area contributed by atoms with E-state index in [0.717, 1.165) is 25.9 Å². The highest BCUT2D eigenvalue weighted by Gasteiger charge is 2.46. The van der Waals surface area contributed by atoms with Gasteiger partial charge in [0.2, 0.25) is 0 Å². The number of carboxylic acids is 1. The quantitative estimate of drug-likeness (QED) is 0.746. The Hall–Kier alpha value is -1.30. The van der Waals surface area contributed by atoms with Crippen molar-refractivity contribution in [1.29, 1.82) is 0 Å². The van der Waals surface area contributed by atoms with Crippen LogP contribution < -0.4 is 5.32 Å². The maximum Gasteiger partial charge on any atom is 0.329 e. The number of nitrogens with one attached hydrogen (secondary N) is 1. The normalized spacial score (nSPS) is 32.8. The first-order valence-corrected chi connectivity index (χ1v) is 6.43. The molecule has 6 nitrogen and oxygen atoms in total. The van der Waals surface area contributed by atoms with E-state index in [0.29, 0.717) is 13.0 Å². The van der Waals surface area contributed by atoms with Crippen molar-refractivity contribution in [3.8, 4) is 0 Å². The first kappa shape index (κ1) is 13.1. The molecule has 18 heavy (non-hydrogen) atoms. The lowest BCUT2D eigenvalue weighted by atomic mass is 10.00. The Kier molecular flexibility index (Phi) is 3.47. The smallest absolute Gasteiger partial charge is 0.329 e. The number of likely N-dealkylation sites (tertiary alicyclic amines) is 2. The minimum absolute atomic E-state index is 0.140. The first-order valence-electron chi connectivity index (χ1n) is 6.43. The Labute approximate surface area is 107 Å². The fraction of sp³-hybridized carbons (Fsp3) is 0.833. The summed E-state index contributed by atoms with van der Waals surface area (Å²) < 4.78 is 0. The fourth-order valence-electron chi connectivity index (χ4n) is 2.82. The molecule has 0 aromatic heterocycles. The van der Waals surface area contributed by atoms with Crippen LogP contribution in [-0.2, 0) is 4.79 Å². The van der Waals surface area contributed by atoms with E-state index in [-0.39, 0.29) is 12.1 Å². The highest BCUT2D eigenvalue weighted by molar-refractivity contribution is 5.86. The molecule has 2 aliphatic rings. The van der Waals surface area contributed by atoms with Crippen molar-refractivity contribution < 1.29 is 14.7 Å². The minimum Gasteiger partial charge on any atom is -0.480 e. The van der Waals surface area contributed by atoms with Crippen molar-refractivity contribution in [2.24, 2.45) is 0 Å². The largest absolute Gasteiger partial charge is 0.480 e. The summed E-state index contributed by atoms with van der Waals surface area (Å²) in [5.74, 6) is -0.918. The molecule has 2 amide bonds. The van der Waals surface area contributed by atoms with Gasteiger partial charge < -0.3 is 20.2 Å². The molecule has 2 saturated heterocycles. The number of amides is 2. The summed E-state index contributed by atoms with van der Waals surface area (Å²) in [4.78, 5) is 27.1. The monoisotopic (exact) mass is 255 g/mol. The predicted molar refractivity (Wildman–Crippen MR) is 66.4 cm³/mol. The van der Waals surface area contributed by atoms with E-state index in [9.17, 15) is 14.7 Å². The lowest BCUT2D eigenvalue weighted by molar-refractivity contribution is -0.147. The molecule has 0 radical (unpaired) electrons. The summed E-state index contributed by atoms with van der Waals surface area (Å²) in [6, 6.07) is -0.0983. The van der Waals surface area contributed by atoms with Gasteiger partial charge in [0.05, 0.1) is 0 Å². The topological polar surface area (TPSA) is 72.9 Å². The molecule has 0 aromatic carbocycles. The molecule has 2 N–H and O–H groups in total. The van der Waals surface area contributed by atoms with E-state index >= 15 is 0 Å². The predicted octanol–water partition coefficient (Wildman–Crippen LogP) is 0.339. The molecular weight excluding hydrogens is 234 g/mol. The van der Waals surface area contributed by atoms with Gasteiger partial charge in [-0.15, -0.1) is 0 Å². The maximum atomic E-state index is 12.2. The van der Waals surface area contributed by atoms with Crippen molar-refractivity contribution in [3.63, 3.8) is 0 Å². The van der Waals surface area contributed by atoms with Crippen LogP contribution in [0.5, 0.6) is 0 Å². The Balaban J connectivity index is 1.98. The first-order chi connectivity index (χ1) is 8.43. The van der Waals surface area contributed by atoms with Crippen LogP contribution in [0.1, 0.15) is 26.2 Å². The molecule has 102 valence electrons. The van der Waals surface area contributed by atoms with Crippen LogP contribution in [0.4, 0.5) is 4.79 Å². The van der Waals surface area contributed by atoms with Gasteiger partial charge in [-0.25, -0.2) is 9.59 Å². The average Bonchev–Trinajstić information content (AvgIpc) is 2.86. The Morgan fingerprint density at radius 2 is 2.11 bits per heavy atom. The second-order valence-corrected chi connectivity index (χ2v) is 5.53. The third-order valence-corrected chi connectivity index (χ3v) is 4.07. The summed E-state index contributed by atoms with van der Waals surface area (Å²) in [7, 11) is 2.02. The molecule has 0 bridgehead atoms. The molecule has 2 heterocycles. The van der Waals surface area contributed by atoms with Crippen molar-refractivity contribution in [2.75, 3.05) is 26.7 Å². The number of hydrogen-bond donors (Lipinski definition) is 2. The van der Waals surface area contributed by atoms with E-state index in [4.69, 9.17) is 0 Å². The van der Waals surface area contributed by atoms with Crippen LogP contribution in [-0.4, -0.2) is 65.2 Å². The van der Waals surface area contributed by atoms with Crippen molar-refractivity contribution in [2.45, 2.75) is 37.8 Å². The molecule has 0 saturated carbocycles. The van der Waals surface area contributed by atoms with Crippen molar-refractivity contribution >= 4 is 12.0 Å². The zero-order valence-electron chi connectivity index (χ0n) is 11.0. The van der Waals surface area contributed by atoms with Gasteiger partial charge in [0.25, 0.3) is 0 Å². The van der Waals surface area contributed by atoms with Crippen LogP contribution in [0, 0.1) is 0 Å². The highest BCUT2D eigenvalue weighted by Crippen LogP contribution is 2.29. The molecule has 0 aliphatic carbocycles. The van der Waals surface area contributed by atoms with Gasteiger partial charge in [0, 0.05) is 19.1 Å². The van der Waals surface area contributed by atoms with Gasteiger partial charge in [0.15, 0.2) is 0 Å². The number of urea groups is 1. The minimum atomic E-state index is -1.05. The molecule has 2 atom stereocenters. The van der Waals surface area contributed by atoms with E-state index in [1.54, 1.807) is 6.92 Å². The molecule has 2 fully saturated rings. The summed E-state index contributed by atoms with van der Waals surface area (Å²) in [5, 5.41) is 12.2. The molecule has 6 heteroatoms. The zero-order valence-corrected chi connectivity index (χ0v) is 11.0. The van der Waals surface area contributed by atoms with E-state index in [1.807, 2.05) is 7.05 Å². The van der Waals surface area contributed by atoms with Crippen LogP contribution in [0.25, 0.3) is 0 Å². The Morgan fingerprint density at radius 1 is 1.39 bits per heavy atom. The van der Waals surface area contributed by atoms with Crippen LogP contribution >= 0.6 is 0 Å². The number of carboxylic acid groups (broad SMARTS) is 1. The van der Waals surface area contributed by atoms with Crippen LogP contribution in [0.15, 0.2) is 0 Å². The summed E-state index contributed by atoms with van der Waals surface area (Å²) in [5.41, 5.74) is -1.05. The second kappa shape index (κ2) is 4.76. The van der Waals surface area contributed by atoms with E-state index < -0.39 is 11.5 Å². The SMILES string of the molecule is CN1CCC(NC(=O)N2CCCC2(C)C(=O)O)C1. The molecular formula is C12H21N3O3. The van der Waals surface area contributed by atoms with Gasteiger partial charge in [-0.05, 0) is 39.8 Å². The number of likely N-dealkylation sites (N-methyl/N-ethyl adjacent to an activating group) is 1. The van der Waals surface area contributed by atoms with E-state index in [2.05, 4.69) is 10.2 Å². The van der Waals surface area contributed by atoms with Gasteiger partial charge in [0.1, 0.15) is 5.54 Å². The average molecular weight is 255 g/mol. The zero-order chi connectivity index (χ0) is 13.3. The second-order valence-electron chi connectivity index (χ2n) is 5.53. The molecule has 0 aromatic rings. The number of aliphatic carboxylic acids is 1. The standard InChI is InChI=1S/C12H21N3O3/c1-12(10(16)17)5-3-6-15(12)11(18)13-9-4-7-14(2)8-9/h9H,3-8H2,1-2H3,(H,13,18)(H,16,17). The third kappa shape index (κ3) is 2.29. The number of hydrogen-bond acceptors (Lipinski definition) is 3. The van der Waals surface area contributed by atoms with Crippen molar-refractivity contribution in [3.05, 3.63) is 0 Å². The maximum absolute atomic E-state index is 12.2. The van der Waals surface area contributed by atoms with Crippen molar-refractivity contribution in [1.82, 2.24) is 15.1 Å². The Bertz CT molecular complexity index is 360. The van der Waals surface area contributed by atoms with E-state index in [1.165, 1.54) is 4.90 Å². The van der Waals surface area contributed by atoms with Gasteiger partial charge in [-0.3, -0.25) is 0 Å². The lowest BCUT2D eigenvalue weighted by Crippen LogP contribution is -2.55. The van der Waals surface area contributed by atoms with Gasteiger partial charge >= 0.3 is 12.0 Å². The number of carbonyl (C=O) groups is 2. The lowest BCUT2D eigenvalue weighted by Gasteiger charge is -2.32. The molecule has 2 aliphatic heterocycles. The van der Waals surface area contributed by atoms with Gasteiger partial charge in [-0.2, -0.15) is 0 Å². The van der Waals surface area contributed by atoms with Crippen LogP contribution in [0.2, 0.25) is 0 Å². The Morgan fingerprint density at radius 3 is 2.67 bits per heavy atom. The summed E-state index contributed by atoms with van der Waals surface area (Å²) in [6.45, 7) is 3.96. The number of nitrogens with zero attached hydrogens (tertiary/aromatic N) is 2. The number of rotatable bonds is 2. The third-order valence-electron chi connectivity index (χ3n) is 4.07. The summed E-state index contributed by atoms with van der Waals surface area (Å²) in [6.07, 6.45) is 2.21. The van der Waals surface area contributed by atoms with Crippen LogP contribution in [0.3, 0.4) is 0 Å². The highest BCUT2D eigenvalue weighted by atomic mass is 16.4. The van der Waals surface area contributed by atoms with Gasteiger partial charge in [-0.1, -0.05) is 0 Å². The number of carbonyl (C=O) groups excluding carboxylic acids is 1. The molecule has 2 unspecified atom stereocenters. The fourth-order valence-corrected chi connectivity index (χ4v) is 2.82. The molecule has 0 spiro atoms. The summed E-state index contributed by atoms with van der Waals surface area (Å²) >= 11 is 0.